The monoisotopic (exact) mass is 348 g/mol. The molecule has 0 aliphatic carbocycles. The van der Waals surface area contributed by atoms with Gasteiger partial charge in [-0.2, -0.15) is 0 Å². The molecular weight excluding hydrogens is 331 g/mol. The van der Waals surface area contributed by atoms with E-state index >= 15 is 0 Å². The van der Waals surface area contributed by atoms with Crippen LogP contribution in [-0.4, -0.2) is 43.1 Å². The summed E-state index contributed by atoms with van der Waals surface area (Å²) in [5.41, 5.74) is 1.93. The predicted molar refractivity (Wildman–Crippen MR) is 92.3 cm³/mol. The number of ether oxygens (including phenoxy) is 1. The zero-order valence-corrected chi connectivity index (χ0v) is 13.8. The maximum atomic E-state index is 13.6. The normalized spacial score (nSPS) is 19.5. The maximum absolute atomic E-state index is 13.6. The molecule has 0 spiro atoms. The van der Waals surface area contributed by atoms with Gasteiger partial charge in [-0.3, -0.25) is 4.79 Å². The Balaban J connectivity index is 0.00000169. The zero-order chi connectivity index (χ0) is 15.8. The van der Waals surface area contributed by atoms with E-state index in [1.54, 1.807) is 6.07 Å². The average Bonchev–Trinajstić information content (AvgIpc) is 2.73. The highest BCUT2D eigenvalue weighted by atomic mass is 35.5. The predicted octanol–water partition coefficient (Wildman–Crippen LogP) is 2.72. The molecule has 1 unspecified atom stereocenters. The van der Waals surface area contributed by atoms with Gasteiger partial charge < -0.3 is 15.0 Å². The van der Waals surface area contributed by atoms with E-state index in [9.17, 15) is 9.18 Å². The minimum absolute atomic E-state index is 0. The van der Waals surface area contributed by atoms with Gasteiger partial charge in [0, 0.05) is 19.6 Å². The van der Waals surface area contributed by atoms with Crippen LogP contribution in [-0.2, 0) is 0 Å². The minimum Gasteiger partial charge on any atom is -0.491 e. The number of hydrogen-bond donors (Lipinski definition) is 1. The van der Waals surface area contributed by atoms with E-state index in [1.807, 2.05) is 29.2 Å². The summed E-state index contributed by atoms with van der Waals surface area (Å²) in [6.07, 6.45) is 0. The van der Waals surface area contributed by atoms with Crippen LogP contribution < -0.4 is 10.1 Å². The first-order chi connectivity index (χ1) is 11.2. The lowest BCUT2D eigenvalue weighted by atomic mass is 9.97. The van der Waals surface area contributed by atoms with Crippen molar-refractivity contribution in [3.05, 3.63) is 53.8 Å². The number of fused-ring (bicyclic) bond motifs is 2. The second kappa shape index (κ2) is 6.79. The standard InChI is InChI=1S/C18H17FN2O2.ClH/c19-13-4-1-3-12(9-13)15-5-2-6-16-17(15)18(22)21-8-7-20-10-14(21)11-23-16;/h1-6,9,14,20H,7-8,10-11H2;1H. The maximum Gasteiger partial charge on any atom is 0.258 e. The molecule has 0 bridgehead atoms. The molecule has 1 atom stereocenters. The molecular formula is C18H18ClFN2O2. The molecule has 0 saturated carbocycles. The Hall–Kier alpha value is -2.11. The Morgan fingerprint density at radius 3 is 2.88 bits per heavy atom. The van der Waals surface area contributed by atoms with Crippen LogP contribution in [0.3, 0.4) is 0 Å². The van der Waals surface area contributed by atoms with Crippen LogP contribution in [0.1, 0.15) is 10.4 Å². The molecule has 126 valence electrons. The number of rotatable bonds is 1. The third-order valence-electron chi connectivity index (χ3n) is 4.42. The molecule has 1 N–H and O–H groups in total. The van der Waals surface area contributed by atoms with Gasteiger partial charge >= 0.3 is 0 Å². The van der Waals surface area contributed by atoms with Crippen molar-refractivity contribution in [2.24, 2.45) is 0 Å². The highest BCUT2D eigenvalue weighted by Crippen LogP contribution is 2.34. The molecule has 2 aliphatic rings. The highest BCUT2D eigenvalue weighted by Gasteiger charge is 2.34. The summed E-state index contributed by atoms with van der Waals surface area (Å²) in [7, 11) is 0. The van der Waals surface area contributed by atoms with E-state index < -0.39 is 0 Å². The molecule has 2 aliphatic heterocycles. The number of carbonyl (C=O) groups is 1. The van der Waals surface area contributed by atoms with Crippen LogP contribution in [0, 0.1) is 5.82 Å². The van der Waals surface area contributed by atoms with Crippen molar-refractivity contribution in [2.45, 2.75) is 6.04 Å². The summed E-state index contributed by atoms with van der Waals surface area (Å²) >= 11 is 0. The molecule has 1 fully saturated rings. The fourth-order valence-electron chi connectivity index (χ4n) is 3.28. The van der Waals surface area contributed by atoms with Gasteiger partial charge in [0.15, 0.2) is 0 Å². The second-order valence-electron chi connectivity index (χ2n) is 5.86. The lowest BCUT2D eigenvalue weighted by Crippen LogP contribution is -2.54. The first-order valence-electron chi connectivity index (χ1n) is 7.77. The van der Waals surface area contributed by atoms with Crippen LogP contribution in [0.5, 0.6) is 5.75 Å². The summed E-state index contributed by atoms with van der Waals surface area (Å²) < 4.78 is 19.5. The van der Waals surface area contributed by atoms with Crippen LogP contribution >= 0.6 is 12.4 Å². The highest BCUT2D eigenvalue weighted by molar-refractivity contribution is 6.04. The molecule has 0 aromatic heterocycles. The minimum atomic E-state index is -0.317. The molecule has 24 heavy (non-hydrogen) atoms. The van der Waals surface area contributed by atoms with Crippen molar-refractivity contribution in [3.63, 3.8) is 0 Å². The number of piperazine rings is 1. The summed E-state index contributed by atoms with van der Waals surface area (Å²) in [5.74, 6) is 0.220. The molecule has 4 nitrogen and oxygen atoms in total. The Morgan fingerprint density at radius 1 is 1.21 bits per heavy atom. The fraction of sp³-hybridized carbons (Fsp3) is 0.278. The van der Waals surface area contributed by atoms with Gasteiger partial charge in [-0.15, -0.1) is 12.4 Å². The smallest absolute Gasteiger partial charge is 0.258 e. The van der Waals surface area contributed by atoms with E-state index in [4.69, 9.17) is 4.74 Å². The average molecular weight is 349 g/mol. The van der Waals surface area contributed by atoms with Gasteiger partial charge in [0.1, 0.15) is 18.2 Å². The van der Waals surface area contributed by atoms with E-state index in [0.717, 1.165) is 13.1 Å². The van der Waals surface area contributed by atoms with Gasteiger partial charge in [0.05, 0.1) is 11.6 Å². The Labute approximate surface area is 146 Å². The third kappa shape index (κ3) is 2.85. The summed E-state index contributed by atoms with van der Waals surface area (Å²) in [6, 6.07) is 11.8. The SMILES string of the molecule is Cl.O=C1c2c(cccc2-c2cccc(F)c2)OCC2CNCCN12. The van der Waals surface area contributed by atoms with Gasteiger partial charge in [-0.25, -0.2) is 4.39 Å². The van der Waals surface area contributed by atoms with Crippen LogP contribution in [0.2, 0.25) is 0 Å². The molecule has 2 heterocycles. The van der Waals surface area contributed by atoms with Gasteiger partial charge in [-0.1, -0.05) is 24.3 Å². The summed E-state index contributed by atoms with van der Waals surface area (Å²) in [6.45, 7) is 2.64. The van der Waals surface area contributed by atoms with Crippen molar-refractivity contribution in [3.8, 4) is 16.9 Å². The lowest BCUT2D eigenvalue weighted by Gasteiger charge is -2.34. The van der Waals surface area contributed by atoms with Gasteiger partial charge in [-0.05, 0) is 29.3 Å². The largest absolute Gasteiger partial charge is 0.491 e. The van der Waals surface area contributed by atoms with Crippen LogP contribution in [0.25, 0.3) is 11.1 Å². The summed E-state index contributed by atoms with van der Waals surface area (Å²) in [5, 5.41) is 3.29. The van der Waals surface area contributed by atoms with E-state index in [0.29, 0.717) is 35.6 Å². The Morgan fingerprint density at radius 2 is 2.04 bits per heavy atom. The van der Waals surface area contributed by atoms with Crippen molar-refractivity contribution >= 4 is 18.3 Å². The zero-order valence-electron chi connectivity index (χ0n) is 13.0. The molecule has 1 amide bonds. The Bertz CT molecular complexity index is 768. The number of nitrogens with one attached hydrogen (secondary N) is 1. The lowest BCUT2D eigenvalue weighted by molar-refractivity contribution is 0.0607. The number of halogens is 2. The number of amides is 1. The Kier molecular flexibility index (Phi) is 4.73. The fourth-order valence-corrected chi connectivity index (χ4v) is 3.28. The van der Waals surface area contributed by atoms with Crippen LogP contribution in [0.15, 0.2) is 42.5 Å². The van der Waals surface area contributed by atoms with Crippen molar-refractivity contribution in [1.82, 2.24) is 10.2 Å². The van der Waals surface area contributed by atoms with Gasteiger partial charge in [0.25, 0.3) is 5.91 Å². The quantitative estimate of drug-likeness (QED) is 0.861. The van der Waals surface area contributed by atoms with Crippen molar-refractivity contribution < 1.29 is 13.9 Å². The van der Waals surface area contributed by atoms with Crippen molar-refractivity contribution in [2.75, 3.05) is 26.2 Å². The first-order valence-corrected chi connectivity index (χ1v) is 7.77. The topological polar surface area (TPSA) is 41.6 Å². The van der Waals surface area contributed by atoms with Crippen molar-refractivity contribution in [1.29, 1.82) is 0 Å². The number of carbonyl (C=O) groups excluding carboxylic acids is 1. The van der Waals surface area contributed by atoms with E-state index in [1.165, 1.54) is 12.1 Å². The molecule has 0 radical (unpaired) electrons. The number of nitrogens with zero attached hydrogens (tertiary/aromatic N) is 1. The van der Waals surface area contributed by atoms with E-state index in [-0.39, 0.29) is 30.2 Å². The third-order valence-corrected chi connectivity index (χ3v) is 4.42. The molecule has 4 rings (SSSR count). The summed E-state index contributed by atoms with van der Waals surface area (Å²) in [4.78, 5) is 14.9. The number of benzene rings is 2. The first kappa shape index (κ1) is 16.7. The molecule has 2 aromatic carbocycles. The molecule has 2 aromatic rings. The number of hydrogen-bond acceptors (Lipinski definition) is 3. The molecule has 6 heteroatoms. The second-order valence-corrected chi connectivity index (χ2v) is 5.86. The van der Waals surface area contributed by atoms with E-state index in [2.05, 4.69) is 5.32 Å². The van der Waals surface area contributed by atoms with Gasteiger partial charge in [0.2, 0.25) is 0 Å². The van der Waals surface area contributed by atoms with Crippen LogP contribution in [0.4, 0.5) is 4.39 Å². The molecule has 1 saturated heterocycles.